The summed E-state index contributed by atoms with van der Waals surface area (Å²) in [6, 6.07) is 0.180. The van der Waals surface area contributed by atoms with E-state index in [0.717, 1.165) is 12.8 Å². The summed E-state index contributed by atoms with van der Waals surface area (Å²) in [7, 11) is 0. The van der Waals surface area contributed by atoms with Gasteiger partial charge in [-0.15, -0.1) is 0 Å². The molecule has 0 amide bonds. The molecule has 1 rings (SSSR count). The van der Waals surface area contributed by atoms with Crippen molar-refractivity contribution in [3.63, 3.8) is 0 Å². The van der Waals surface area contributed by atoms with E-state index in [-0.39, 0.29) is 12.0 Å². The average Bonchev–Trinajstić information content (AvgIpc) is 2.69. The zero-order valence-electron chi connectivity index (χ0n) is 6.96. The molecule has 0 aliphatic carbocycles. The van der Waals surface area contributed by atoms with Crippen molar-refractivity contribution in [2.45, 2.75) is 32.7 Å². The van der Waals surface area contributed by atoms with Crippen LogP contribution in [0.1, 0.15) is 26.7 Å². The maximum absolute atomic E-state index is 10.9. The van der Waals surface area contributed by atoms with Crippen molar-refractivity contribution in [2.24, 2.45) is 4.99 Å². The first-order chi connectivity index (χ1) is 5.29. The molecule has 0 saturated carbocycles. The average molecular weight is 155 g/mol. The van der Waals surface area contributed by atoms with Gasteiger partial charge in [0.25, 0.3) is 0 Å². The summed E-state index contributed by atoms with van der Waals surface area (Å²) in [6.07, 6.45) is 2.05. The highest BCUT2D eigenvalue weighted by Gasteiger charge is 2.33. The molecule has 0 N–H and O–H groups in total. The Hall–Kier alpha value is -0.860. The predicted molar refractivity (Wildman–Crippen MR) is 42.8 cm³/mol. The first kappa shape index (κ1) is 8.24. The first-order valence-corrected chi connectivity index (χ1v) is 4.04. The lowest BCUT2D eigenvalue weighted by Gasteiger charge is -1.95. The summed E-state index contributed by atoms with van der Waals surface area (Å²) in [4.78, 5) is 14.9. The molecule has 11 heavy (non-hydrogen) atoms. The topological polar surface area (TPSA) is 38.7 Å². The Kier molecular flexibility index (Phi) is 2.63. The molecule has 0 aromatic rings. The normalized spacial score (nSPS) is 20.9. The number of nitrogens with zero attached hydrogens (tertiary/aromatic N) is 1. The van der Waals surface area contributed by atoms with Gasteiger partial charge in [0.1, 0.15) is 5.71 Å². The third-order valence-corrected chi connectivity index (χ3v) is 1.59. The molecule has 0 aromatic heterocycles. The van der Waals surface area contributed by atoms with Crippen molar-refractivity contribution in [3.8, 4) is 0 Å². The maximum Gasteiger partial charge on any atom is 0.354 e. The van der Waals surface area contributed by atoms with Crippen LogP contribution in [0.25, 0.3) is 0 Å². The highest BCUT2D eigenvalue weighted by atomic mass is 16.5. The van der Waals surface area contributed by atoms with Gasteiger partial charge in [0.15, 0.2) is 0 Å². The van der Waals surface area contributed by atoms with Gasteiger partial charge in [0, 0.05) is 0 Å². The summed E-state index contributed by atoms with van der Waals surface area (Å²) < 4.78 is 4.77. The predicted octanol–water partition coefficient (Wildman–Crippen LogP) is 1.17. The van der Waals surface area contributed by atoms with E-state index in [0.29, 0.717) is 12.3 Å². The Balaban J connectivity index is 2.20. The SMILES string of the molecule is CCCC1N=C1C(=O)OCC. The molecule has 1 aliphatic heterocycles. The van der Waals surface area contributed by atoms with Crippen molar-refractivity contribution in [1.82, 2.24) is 0 Å². The van der Waals surface area contributed by atoms with Crippen LogP contribution in [0.5, 0.6) is 0 Å². The summed E-state index contributed by atoms with van der Waals surface area (Å²) in [6.45, 7) is 4.32. The fraction of sp³-hybridized carbons (Fsp3) is 0.750. The minimum absolute atomic E-state index is 0.180. The molecule has 0 bridgehead atoms. The number of rotatable bonds is 4. The number of carbonyl (C=O) groups is 1. The maximum atomic E-state index is 10.9. The van der Waals surface area contributed by atoms with Crippen LogP contribution in [0.2, 0.25) is 0 Å². The van der Waals surface area contributed by atoms with Gasteiger partial charge in [-0.05, 0) is 13.3 Å². The Morgan fingerprint density at radius 3 is 2.91 bits per heavy atom. The quantitative estimate of drug-likeness (QED) is 0.572. The molecule has 1 atom stereocenters. The second kappa shape index (κ2) is 3.51. The molecule has 1 unspecified atom stereocenters. The second-order valence-electron chi connectivity index (χ2n) is 2.54. The third-order valence-electron chi connectivity index (χ3n) is 1.59. The van der Waals surface area contributed by atoms with Gasteiger partial charge < -0.3 is 4.74 Å². The summed E-state index contributed by atoms with van der Waals surface area (Å²) in [5.41, 5.74) is 0.633. The number of ether oxygens (including phenoxy) is 1. The van der Waals surface area contributed by atoms with Gasteiger partial charge in [-0.1, -0.05) is 13.3 Å². The molecule has 0 spiro atoms. The van der Waals surface area contributed by atoms with Crippen molar-refractivity contribution < 1.29 is 9.53 Å². The Bertz CT molecular complexity index is 187. The van der Waals surface area contributed by atoms with E-state index in [2.05, 4.69) is 11.9 Å². The van der Waals surface area contributed by atoms with E-state index in [4.69, 9.17) is 4.74 Å². The Labute approximate surface area is 66.5 Å². The number of aliphatic imine (C=N–C) groups is 1. The molecule has 3 heteroatoms. The third kappa shape index (κ3) is 2.03. The van der Waals surface area contributed by atoms with Crippen molar-refractivity contribution in [1.29, 1.82) is 0 Å². The van der Waals surface area contributed by atoms with Gasteiger partial charge in [-0.2, -0.15) is 0 Å². The van der Waals surface area contributed by atoms with E-state index in [9.17, 15) is 4.79 Å². The number of hydrogen-bond acceptors (Lipinski definition) is 3. The number of carbonyl (C=O) groups excluding carboxylic acids is 1. The molecule has 1 aliphatic rings. The largest absolute Gasteiger partial charge is 0.461 e. The van der Waals surface area contributed by atoms with Gasteiger partial charge in [-0.25, -0.2) is 4.79 Å². The smallest absolute Gasteiger partial charge is 0.354 e. The fourth-order valence-electron chi connectivity index (χ4n) is 0.999. The highest BCUT2D eigenvalue weighted by molar-refractivity contribution is 6.44. The van der Waals surface area contributed by atoms with Gasteiger partial charge in [0.2, 0.25) is 0 Å². The lowest BCUT2D eigenvalue weighted by atomic mass is 10.2. The molecule has 0 fully saturated rings. The zero-order valence-corrected chi connectivity index (χ0v) is 6.96. The van der Waals surface area contributed by atoms with Crippen molar-refractivity contribution in [2.75, 3.05) is 6.61 Å². The summed E-state index contributed by atoms with van der Waals surface area (Å²) in [5, 5.41) is 0. The van der Waals surface area contributed by atoms with Crippen molar-refractivity contribution in [3.05, 3.63) is 0 Å². The molecule has 3 nitrogen and oxygen atoms in total. The summed E-state index contributed by atoms with van der Waals surface area (Å²) in [5.74, 6) is -0.231. The van der Waals surface area contributed by atoms with Crippen LogP contribution in [-0.4, -0.2) is 24.3 Å². The lowest BCUT2D eigenvalue weighted by molar-refractivity contribution is -0.134. The molecular weight excluding hydrogens is 142 g/mol. The van der Waals surface area contributed by atoms with Crippen LogP contribution >= 0.6 is 0 Å². The Morgan fingerprint density at radius 1 is 1.64 bits per heavy atom. The van der Waals surface area contributed by atoms with Crippen LogP contribution in [0, 0.1) is 0 Å². The molecule has 0 saturated heterocycles. The minimum Gasteiger partial charge on any atom is -0.461 e. The lowest BCUT2D eigenvalue weighted by Crippen LogP contribution is -2.14. The first-order valence-electron chi connectivity index (χ1n) is 4.04. The number of hydrogen-bond donors (Lipinski definition) is 0. The van der Waals surface area contributed by atoms with Crippen LogP contribution in [0.3, 0.4) is 0 Å². The van der Waals surface area contributed by atoms with E-state index in [1.807, 2.05) is 0 Å². The van der Waals surface area contributed by atoms with E-state index < -0.39 is 0 Å². The van der Waals surface area contributed by atoms with Crippen molar-refractivity contribution >= 4 is 11.7 Å². The highest BCUT2D eigenvalue weighted by Crippen LogP contribution is 2.18. The van der Waals surface area contributed by atoms with Gasteiger partial charge >= 0.3 is 5.97 Å². The van der Waals surface area contributed by atoms with E-state index >= 15 is 0 Å². The monoisotopic (exact) mass is 155 g/mol. The fourth-order valence-corrected chi connectivity index (χ4v) is 0.999. The minimum atomic E-state index is -0.231. The zero-order chi connectivity index (χ0) is 8.27. The standard InChI is InChI=1S/C8H13NO2/c1-3-5-6-7(9-6)8(10)11-4-2/h6H,3-5H2,1-2H3. The van der Waals surface area contributed by atoms with Gasteiger partial charge in [-0.3, -0.25) is 4.99 Å². The van der Waals surface area contributed by atoms with Crippen LogP contribution in [-0.2, 0) is 9.53 Å². The summed E-state index contributed by atoms with van der Waals surface area (Å²) >= 11 is 0. The van der Waals surface area contributed by atoms with E-state index in [1.54, 1.807) is 6.92 Å². The number of esters is 1. The molecule has 62 valence electrons. The van der Waals surface area contributed by atoms with E-state index in [1.165, 1.54) is 0 Å². The van der Waals surface area contributed by atoms with Crippen LogP contribution in [0.4, 0.5) is 0 Å². The van der Waals surface area contributed by atoms with Crippen LogP contribution in [0.15, 0.2) is 4.99 Å². The molecule has 0 aromatic carbocycles. The second-order valence-corrected chi connectivity index (χ2v) is 2.54. The molecule has 0 radical (unpaired) electrons. The molecule has 1 heterocycles. The Morgan fingerprint density at radius 2 is 2.36 bits per heavy atom. The molecular formula is C8H13NO2. The van der Waals surface area contributed by atoms with Crippen LogP contribution < -0.4 is 0 Å². The van der Waals surface area contributed by atoms with Gasteiger partial charge in [0.05, 0.1) is 12.6 Å².